The smallest absolute Gasteiger partial charge is 0.293 e. The summed E-state index contributed by atoms with van der Waals surface area (Å²) in [5, 5.41) is 26.5. The summed E-state index contributed by atoms with van der Waals surface area (Å²) < 4.78 is 0. The lowest BCUT2D eigenvalue weighted by Gasteiger charge is -2.52. The lowest BCUT2D eigenvalue weighted by Crippen LogP contribution is -2.54. The zero-order chi connectivity index (χ0) is 30.0. The Morgan fingerprint density at radius 2 is 1.58 bits per heavy atom. The Bertz CT molecular complexity index is 1870. The number of para-hydroxylation sites is 1. The summed E-state index contributed by atoms with van der Waals surface area (Å²) in [5.74, 6) is -4.27. The van der Waals surface area contributed by atoms with E-state index in [1.54, 1.807) is 25.1 Å². The number of nitro groups is 1. The fourth-order valence-corrected chi connectivity index (χ4v) is 7.17. The summed E-state index contributed by atoms with van der Waals surface area (Å²) in [4.78, 5) is 54.1. The molecule has 2 atom stereocenters. The van der Waals surface area contributed by atoms with Crippen LogP contribution in [0.1, 0.15) is 44.1 Å². The molecule has 10 nitrogen and oxygen atoms in total. The van der Waals surface area contributed by atoms with Gasteiger partial charge in [0.1, 0.15) is 11.4 Å². The molecule has 4 aromatic carbocycles. The predicted octanol–water partition coefficient (Wildman–Crippen LogP) is 4.58. The second-order valence-electron chi connectivity index (χ2n) is 11.0. The number of hydrogen-bond donors (Lipinski definition) is 2. The Morgan fingerprint density at radius 1 is 0.953 bits per heavy atom. The summed E-state index contributed by atoms with van der Waals surface area (Å²) in [6.45, 7) is 1.70. The molecule has 2 unspecified atom stereocenters. The van der Waals surface area contributed by atoms with Gasteiger partial charge in [0.15, 0.2) is 0 Å². The first-order chi connectivity index (χ1) is 20.8. The number of benzene rings is 4. The molecule has 43 heavy (non-hydrogen) atoms. The fraction of sp³-hybridized carbons (Fsp3) is 0.152. The molecule has 3 aliphatic carbocycles. The number of hydrazone groups is 1. The maximum absolute atomic E-state index is 14.5. The van der Waals surface area contributed by atoms with Crippen molar-refractivity contribution in [2.24, 2.45) is 16.9 Å². The number of phenols is 1. The minimum atomic E-state index is -1.28. The zero-order valence-corrected chi connectivity index (χ0v) is 22.8. The summed E-state index contributed by atoms with van der Waals surface area (Å²) in [7, 11) is 0. The minimum absolute atomic E-state index is 0.0214. The van der Waals surface area contributed by atoms with Crippen LogP contribution in [0.4, 0.5) is 11.4 Å². The van der Waals surface area contributed by atoms with Gasteiger partial charge in [-0.05, 0) is 52.9 Å². The average Bonchev–Trinajstić information content (AvgIpc) is 3.28. The van der Waals surface area contributed by atoms with Crippen LogP contribution in [0.5, 0.6) is 5.75 Å². The topological polar surface area (TPSA) is 142 Å². The maximum Gasteiger partial charge on any atom is 0.293 e. The third-order valence-electron chi connectivity index (χ3n) is 8.84. The van der Waals surface area contributed by atoms with Crippen LogP contribution in [-0.4, -0.2) is 34.0 Å². The Morgan fingerprint density at radius 3 is 2.23 bits per heavy atom. The van der Waals surface area contributed by atoms with Gasteiger partial charge < -0.3 is 5.11 Å². The molecule has 2 N–H and O–H groups in total. The van der Waals surface area contributed by atoms with Gasteiger partial charge in [-0.1, -0.05) is 66.7 Å². The van der Waals surface area contributed by atoms with Crippen molar-refractivity contribution in [2.75, 3.05) is 4.90 Å². The number of nitrogens with one attached hydrogen (secondary N) is 1. The van der Waals surface area contributed by atoms with E-state index in [4.69, 9.17) is 0 Å². The molecule has 1 heterocycles. The van der Waals surface area contributed by atoms with E-state index in [0.717, 1.165) is 27.2 Å². The van der Waals surface area contributed by atoms with Gasteiger partial charge in [0.25, 0.3) is 11.6 Å². The van der Waals surface area contributed by atoms with Crippen LogP contribution in [0, 0.1) is 28.9 Å². The van der Waals surface area contributed by atoms with Gasteiger partial charge in [0, 0.05) is 18.2 Å². The number of aryl methyl sites for hydroxylation is 1. The number of imide groups is 1. The third kappa shape index (κ3) is 3.59. The number of nitrogens with zero attached hydrogens (tertiary/aromatic N) is 3. The van der Waals surface area contributed by atoms with Crippen LogP contribution in [0.2, 0.25) is 0 Å². The average molecular weight is 573 g/mol. The Hall–Kier alpha value is -5.64. The maximum atomic E-state index is 14.5. The number of rotatable bonds is 5. The Labute approximate surface area is 245 Å². The molecule has 4 aliphatic rings. The van der Waals surface area contributed by atoms with Gasteiger partial charge in [-0.2, -0.15) is 5.10 Å². The van der Waals surface area contributed by atoms with Gasteiger partial charge in [-0.25, -0.2) is 10.3 Å². The van der Waals surface area contributed by atoms with Crippen molar-refractivity contribution in [3.63, 3.8) is 0 Å². The van der Waals surface area contributed by atoms with Crippen LogP contribution < -0.4 is 10.3 Å². The summed E-state index contributed by atoms with van der Waals surface area (Å²) in [5.41, 5.74) is 4.66. The molecule has 0 radical (unpaired) electrons. The normalized spacial score (nSPS) is 23.2. The quantitative estimate of drug-likeness (QED) is 0.155. The van der Waals surface area contributed by atoms with E-state index < -0.39 is 45.8 Å². The molecule has 1 aliphatic heterocycles. The second-order valence-corrected chi connectivity index (χ2v) is 11.0. The minimum Gasteiger partial charge on any atom is -0.507 e. The molecule has 0 spiro atoms. The predicted molar refractivity (Wildman–Crippen MR) is 157 cm³/mol. The number of phenolic OH excluding ortho intramolecular Hbond substituents is 1. The summed E-state index contributed by atoms with van der Waals surface area (Å²) in [6, 6.07) is 25.5. The summed E-state index contributed by atoms with van der Waals surface area (Å²) >= 11 is 0. The van der Waals surface area contributed by atoms with E-state index in [9.17, 15) is 29.6 Å². The highest BCUT2D eigenvalue weighted by atomic mass is 16.6. The number of carbonyl (C=O) groups excluding carboxylic acids is 3. The SMILES string of the molecule is Cc1ccc(N2C(=O)C3C4c5ccccc5C(C=NNC(=O)c5ccccc5O)(c5ccccc54)C3C2=O)c([N+](=O)[O-])c1. The second kappa shape index (κ2) is 9.45. The first-order valence-corrected chi connectivity index (χ1v) is 13.7. The highest BCUT2D eigenvalue weighted by Gasteiger charge is 2.68. The third-order valence-corrected chi connectivity index (χ3v) is 8.84. The highest BCUT2D eigenvalue weighted by Crippen LogP contribution is 2.64. The van der Waals surface area contributed by atoms with E-state index in [1.807, 2.05) is 48.5 Å². The number of hydrogen-bond acceptors (Lipinski definition) is 7. The Balaban J connectivity index is 1.42. The molecule has 0 saturated carbocycles. The highest BCUT2D eigenvalue weighted by molar-refractivity contribution is 6.25. The molecule has 1 fully saturated rings. The van der Waals surface area contributed by atoms with E-state index >= 15 is 0 Å². The van der Waals surface area contributed by atoms with Crippen molar-refractivity contribution >= 4 is 35.3 Å². The lowest BCUT2D eigenvalue weighted by atomic mass is 9.47. The van der Waals surface area contributed by atoms with Crippen LogP contribution in [0.15, 0.2) is 96.1 Å². The van der Waals surface area contributed by atoms with E-state index in [-0.39, 0.29) is 22.7 Å². The van der Waals surface area contributed by atoms with Crippen molar-refractivity contribution in [1.29, 1.82) is 0 Å². The number of anilines is 1. The fourth-order valence-electron chi connectivity index (χ4n) is 7.17. The van der Waals surface area contributed by atoms with Crippen molar-refractivity contribution in [3.8, 4) is 5.75 Å². The lowest BCUT2D eigenvalue weighted by molar-refractivity contribution is -0.384. The van der Waals surface area contributed by atoms with Gasteiger partial charge in [0.05, 0.1) is 27.7 Å². The molecule has 4 aromatic rings. The van der Waals surface area contributed by atoms with Crippen molar-refractivity contribution in [2.45, 2.75) is 18.3 Å². The van der Waals surface area contributed by atoms with Crippen LogP contribution >= 0.6 is 0 Å². The number of carbonyl (C=O) groups is 3. The largest absolute Gasteiger partial charge is 0.507 e. The van der Waals surface area contributed by atoms with Crippen LogP contribution in [0.25, 0.3) is 0 Å². The molecule has 0 aromatic heterocycles. The number of amides is 3. The van der Waals surface area contributed by atoms with Gasteiger partial charge in [-0.3, -0.25) is 24.5 Å². The van der Waals surface area contributed by atoms with E-state index in [0.29, 0.717) is 5.56 Å². The monoisotopic (exact) mass is 572 g/mol. The van der Waals surface area contributed by atoms with E-state index in [1.165, 1.54) is 30.5 Å². The van der Waals surface area contributed by atoms with Gasteiger partial charge in [-0.15, -0.1) is 0 Å². The summed E-state index contributed by atoms with van der Waals surface area (Å²) in [6.07, 6.45) is 1.49. The molecule has 8 rings (SSSR count). The molecular weight excluding hydrogens is 548 g/mol. The number of aromatic hydroxyl groups is 1. The van der Waals surface area contributed by atoms with Crippen LogP contribution in [0.3, 0.4) is 0 Å². The van der Waals surface area contributed by atoms with E-state index in [2.05, 4.69) is 10.5 Å². The zero-order valence-electron chi connectivity index (χ0n) is 22.8. The first-order valence-electron chi connectivity index (χ1n) is 13.7. The number of nitro benzene ring substituents is 1. The van der Waals surface area contributed by atoms with Crippen molar-refractivity contribution in [3.05, 3.63) is 134 Å². The molecule has 3 amide bonds. The van der Waals surface area contributed by atoms with Crippen LogP contribution in [-0.2, 0) is 15.0 Å². The standard InChI is InChI=1S/C33H24N4O6/c1-18-14-15-24(25(16-18)37(42)43)36-31(40)28-27-19-8-2-5-11-22(19)33(29(28)32(36)41,23-12-6-3-9-20(23)27)17-34-35-30(39)21-10-4-7-13-26(21)38/h2-17,27-29,38H,1H3,(H,35,39). The molecule has 1 saturated heterocycles. The van der Waals surface area contributed by atoms with Gasteiger partial charge in [0.2, 0.25) is 11.8 Å². The molecule has 212 valence electrons. The van der Waals surface area contributed by atoms with Gasteiger partial charge >= 0.3 is 0 Å². The molecule has 2 bridgehead atoms. The van der Waals surface area contributed by atoms with Crippen molar-refractivity contribution in [1.82, 2.24) is 5.43 Å². The first kappa shape index (κ1) is 26.3. The molecular formula is C33H24N4O6. The molecule has 10 heteroatoms. The van der Waals surface area contributed by atoms with Crippen molar-refractivity contribution < 1.29 is 24.4 Å². The Kier molecular flexibility index (Phi) is 5.77.